The van der Waals surface area contributed by atoms with Crippen LogP contribution in [0.5, 0.6) is 5.75 Å². The van der Waals surface area contributed by atoms with Crippen LogP contribution in [0.25, 0.3) is 0 Å². The summed E-state index contributed by atoms with van der Waals surface area (Å²) in [7, 11) is 0. The molecule has 6 nitrogen and oxygen atoms in total. The van der Waals surface area contributed by atoms with E-state index in [-0.39, 0.29) is 6.04 Å². The van der Waals surface area contributed by atoms with E-state index in [4.69, 9.17) is 22.2 Å². The summed E-state index contributed by atoms with van der Waals surface area (Å²) in [6, 6.07) is 27.9. The Morgan fingerprint density at radius 1 is 0.789 bits per heavy atom. The van der Waals surface area contributed by atoms with Crippen molar-refractivity contribution in [2.24, 2.45) is 5.90 Å². The van der Waals surface area contributed by atoms with Crippen LogP contribution in [-0.2, 0) is 11.4 Å². The number of halogens is 1. The first-order valence-electron chi connectivity index (χ1n) is 13.8. The van der Waals surface area contributed by atoms with Crippen molar-refractivity contribution >= 4 is 11.6 Å². The molecule has 1 saturated heterocycles. The van der Waals surface area contributed by atoms with Crippen molar-refractivity contribution in [3.63, 3.8) is 0 Å². The molecule has 204 valence electrons. The van der Waals surface area contributed by atoms with E-state index in [0.29, 0.717) is 0 Å². The van der Waals surface area contributed by atoms with E-state index in [1.165, 1.54) is 16.7 Å². The predicted octanol–water partition coefficient (Wildman–Crippen LogP) is 5.62. The number of nitrogens with zero attached hydrogens (tertiary/aromatic N) is 2. The van der Waals surface area contributed by atoms with Crippen molar-refractivity contribution < 1.29 is 9.68 Å². The monoisotopic (exact) mass is 536 g/mol. The van der Waals surface area contributed by atoms with Crippen LogP contribution in [-0.4, -0.2) is 55.7 Å². The van der Waals surface area contributed by atoms with E-state index in [1.54, 1.807) is 0 Å². The lowest BCUT2D eigenvalue weighted by molar-refractivity contribution is 0.0402. The normalized spacial score (nSPS) is 15.4. The molecule has 0 amide bonds. The number of nitrogens with two attached hydrogens (primary N) is 1. The van der Waals surface area contributed by atoms with Crippen LogP contribution in [0, 0.1) is 0 Å². The molecular weight excluding hydrogens is 496 g/mol. The SMILES string of the molecule is NONCCCCc1ccc(OCCCCN2CCN([C@H](c3ccccc3)c3ccc(Cl)cc3)CC2)cc1. The highest BCUT2D eigenvalue weighted by Gasteiger charge is 2.26. The molecule has 1 aliphatic rings. The second-order valence-electron chi connectivity index (χ2n) is 9.91. The second kappa shape index (κ2) is 15.8. The second-order valence-corrected chi connectivity index (χ2v) is 10.3. The summed E-state index contributed by atoms with van der Waals surface area (Å²) in [6.07, 6.45) is 5.39. The minimum atomic E-state index is 0.262. The Morgan fingerprint density at radius 3 is 2.21 bits per heavy atom. The van der Waals surface area contributed by atoms with Gasteiger partial charge in [0.2, 0.25) is 0 Å². The number of nitrogens with one attached hydrogen (secondary N) is 1. The van der Waals surface area contributed by atoms with Gasteiger partial charge in [0.25, 0.3) is 0 Å². The summed E-state index contributed by atoms with van der Waals surface area (Å²) in [6.45, 7) is 6.95. The van der Waals surface area contributed by atoms with Crippen molar-refractivity contribution in [2.45, 2.75) is 38.1 Å². The van der Waals surface area contributed by atoms with Crippen LogP contribution in [0.3, 0.4) is 0 Å². The Kier molecular flexibility index (Phi) is 11.9. The fraction of sp³-hybridized carbons (Fsp3) is 0.419. The molecule has 3 N–H and O–H groups in total. The number of ether oxygens (including phenoxy) is 1. The van der Waals surface area contributed by atoms with Gasteiger partial charge in [-0.1, -0.05) is 66.2 Å². The average molecular weight is 537 g/mol. The van der Waals surface area contributed by atoms with Gasteiger partial charge in [0.1, 0.15) is 5.75 Å². The van der Waals surface area contributed by atoms with Gasteiger partial charge in [-0.15, -0.1) is 0 Å². The maximum Gasteiger partial charge on any atom is 0.119 e. The van der Waals surface area contributed by atoms with Crippen molar-refractivity contribution in [1.29, 1.82) is 0 Å². The number of benzene rings is 3. The molecule has 4 rings (SSSR count). The van der Waals surface area contributed by atoms with Gasteiger partial charge in [-0.25, -0.2) is 4.94 Å². The molecule has 0 radical (unpaired) electrons. The van der Waals surface area contributed by atoms with Crippen molar-refractivity contribution in [1.82, 2.24) is 15.3 Å². The molecule has 0 unspecified atom stereocenters. The molecule has 1 fully saturated rings. The van der Waals surface area contributed by atoms with Crippen LogP contribution in [0.1, 0.15) is 48.4 Å². The Labute approximate surface area is 232 Å². The van der Waals surface area contributed by atoms with Crippen molar-refractivity contribution in [2.75, 3.05) is 45.9 Å². The number of unbranched alkanes of at least 4 members (excludes halogenated alkanes) is 2. The van der Waals surface area contributed by atoms with E-state index in [0.717, 1.165) is 88.8 Å². The predicted molar refractivity (Wildman–Crippen MR) is 155 cm³/mol. The quantitative estimate of drug-likeness (QED) is 0.194. The molecule has 0 aliphatic carbocycles. The number of hydroxylamine groups is 1. The molecule has 1 atom stereocenters. The maximum absolute atomic E-state index is 6.17. The third-order valence-electron chi connectivity index (χ3n) is 7.21. The Balaban J connectivity index is 1.15. The Bertz CT molecular complexity index is 1040. The lowest BCUT2D eigenvalue weighted by atomic mass is 9.96. The molecule has 38 heavy (non-hydrogen) atoms. The highest BCUT2D eigenvalue weighted by Crippen LogP contribution is 2.30. The number of hydrogen-bond acceptors (Lipinski definition) is 6. The zero-order valence-electron chi connectivity index (χ0n) is 22.2. The summed E-state index contributed by atoms with van der Waals surface area (Å²) in [4.78, 5) is 9.56. The molecule has 0 saturated carbocycles. The number of rotatable bonds is 15. The van der Waals surface area contributed by atoms with Gasteiger partial charge < -0.3 is 9.64 Å². The van der Waals surface area contributed by atoms with Gasteiger partial charge >= 0.3 is 0 Å². The maximum atomic E-state index is 6.17. The van der Waals surface area contributed by atoms with Gasteiger partial charge in [-0.2, -0.15) is 11.4 Å². The average Bonchev–Trinajstić information content (AvgIpc) is 2.96. The molecule has 7 heteroatoms. The fourth-order valence-corrected chi connectivity index (χ4v) is 5.23. The van der Waals surface area contributed by atoms with Crippen molar-refractivity contribution in [3.8, 4) is 5.75 Å². The Morgan fingerprint density at radius 2 is 1.50 bits per heavy atom. The van der Waals surface area contributed by atoms with Crippen LogP contribution < -0.4 is 16.1 Å². The largest absolute Gasteiger partial charge is 0.494 e. The molecule has 3 aromatic rings. The van der Waals surface area contributed by atoms with Crippen LogP contribution in [0.2, 0.25) is 5.02 Å². The highest BCUT2D eigenvalue weighted by atomic mass is 35.5. The molecule has 0 aromatic heterocycles. The van der Waals surface area contributed by atoms with E-state index in [9.17, 15) is 0 Å². The summed E-state index contributed by atoms with van der Waals surface area (Å²) < 4.78 is 5.99. The summed E-state index contributed by atoms with van der Waals surface area (Å²) in [5.74, 6) is 5.91. The molecular formula is C31H41ClN4O2. The zero-order chi connectivity index (χ0) is 26.4. The lowest BCUT2D eigenvalue weighted by Gasteiger charge is -2.40. The van der Waals surface area contributed by atoms with Crippen LogP contribution >= 0.6 is 11.6 Å². The summed E-state index contributed by atoms with van der Waals surface area (Å²) in [5.41, 5.74) is 6.63. The molecule has 3 aromatic carbocycles. The lowest BCUT2D eigenvalue weighted by Crippen LogP contribution is -2.48. The third-order valence-corrected chi connectivity index (χ3v) is 7.46. The highest BCUT2D eigenvalue weighted by molar-refractivity contribution is 6.30. The van der Waals surface area contributed by atoms with Gasteiger partial charge in [0.15, 0.2) is 0 Å². The van der Waals surface area contributed by atoms with Gasteiger partial charge in [0.05, 0.1) is 12.6 Å². The molecule has 0 spiro atoms. The first-order chi connectivity index (χ1) is 18.7. The fourth-order valence-electron chi connectivity index (χ4n) is 5.10. The topological polar surface area (TPSA) is 63.0 Å². The minimum absolute atomic E-state index is 0.262. The standard InChI is InChI=1S/C31H41ClN4O2/c32-29-15-13-28(14-16-29)31(27-9-2-1-3-10-27)36-23-21-35(22-24-36)20-6-7-25-37-30-17-11-26(12-18-30)8-4-5-19-34-38-33/h1-3,9-18,31,34H,4-8,19-25,33H2/t31-/m1/s1. The van der Waals surface area contributed by atoms with Crippen LogP contribution in [0.15, 0.2) is 78.9 Å². The molecule has 0 bridgehead atoms. The van der Waals surface area contributed by atoms with Crippen molar-refractivity contribution in [3.05, 3.63) is 101 Å². The minimum Gasteiger partial charge on any atom is -0.494 e. The Hall–Kier alpha value is -2.45. The zero-order valence-corrected chi connectivity index (χ0v) is 23.0. The number of piperazine rings is 1. The van der Waals surface area contributed by atoms with E-state index in [1.807, 2.05) is 12.1 Å². The summed E-state index contributed by atoms with van der Waals surface area (Å²) >= 11 is 6.17. The number of aryl methyl sites for hydroxylation is 1. The molecule has 1 aliphatic heterocycles. The van der Waals surface area contributed by atoms with E-state index >= 15 is 0 Å². The van der Waals surface area contributed by atoms with Crippen LogP contribution in [0.4, 0.5) is 0 Å². The van der Waals surface area contributed by atoms with E-state index < -0.39 is 0 Å². The smallest absolute Gasteiger partial charge is 0.119 e. The van der Waals surface area contributed by atoms with Gasteiger partial charge in [-0.05, 0) is 79.6 Å². The van der Waals surface area contributed by atoms with Gasteiger partial charge in [-0.3, -0.25) is 4.90 Å². The molecule has 1 heterocycles. The first kappa shape index (κ1) is 28.6. The third kappa shape index (κ3) is 9.09. The van der Waals surface area contributed by atoms with Gasteiger partial charge in [0, 0.05) is 37.7 Å². The van der Waals surface area contributed by atoms with E-state index in [2.05, 4.69) is 86.9 Å². The number of hydrogen-bond donors (Lipinski definition) is 2. The summed E-state index contributed by atoms with van der Waals surface area (Å²) in [5, 5.41) is 0.783. The first-order valence-corrected chi connectivity index (χ1v) is 14.2.